The number of carbonyl (C=O) groups excluding carboxylic acids is 1. The molecule has 5 nitrogen and oxygen atoms in total. The SMILES string of the molecule is C[C@H](CC#N)NC(=O)[C@H](C)OC[C@H]1CCCCO1. The summed E-state index contributed by atoms with van der Waals surface area (Å²) in [5, 5.41) is 11.3. The van der Waals surface area contributed by atoms with Crippen LogP contribution in [0.1, 0.15) is 39.5 Å². The Morgan fingerprint density at radius 2 is 2.33 bits per heavy atom. The van der Waals surface area contributed by atoms with Crippen molar-refractivity contribution in [1.29, 1.82) is 5.26 Å². The van der Waals surface area contributed by atoms with Gasteiger partial charge in [-0.25, -0.2) is 0 Å². The molecule has 5 heteroatoms. The summed E-state index contributed by atoms with van der Waals surface area (Å²) in [5.41, 5.74) is 0. The normalized spacial score (nSPS) is 22.8. The summed E-state index contributed by atoms with van der Waals surface area (Å²) < 4.78 is 11.0. The van der Waals surface area contributed by atoms with Gasteiger partial charge in [-0.2, -0.15) is 5.26 Å². The van der Waals surface area contributed by atoms with Gasteiger partial charge in [-0.1, -0.05) is 0 Å². The minimum Gasteiger partial charge on any atom is -0.376 e. The van der Waals surface area contributed by atoms with E-state index >= 15 is 0 Å². The van der Waals surface area contributed by atoms with E-state index in [0.29, 0.717) is 13.0 Å². The van der Waals surface area contributed by atoms with Crippen molar-refractivity contribution >= 4 is 5.91 Å². The molecule has 1 saturated heterocycles. The zero-order valence-electron chi connectivity index (χ0n) is 11.1. The van der Waals surface area contributed by atoms with Crippen LogP contribution in [0.3, 0.4) is 0 Å². The summed E-state index contributed by atoms with van der Waals surface area (Å²) in [7, 11) is 0. The van der Waals surface area contributed by atoms with Gasteiger partial charge in [0.1, 0.15) is 6.10 Å². The Hall–Kier alpha value is -1.12. The summed E-state index contributed by atoms with van der Waals surface area (Å²) in [6.07, 6.45) is 3.19. The van der Waals surface area contributed by atoms with Gasteiger partial charge in [0.2, 0.25) is 5.91 Å². The van der Waals surface area contributed by atoms with Crippen molar-refractivity contribution in [1.82, 2.24) is 5.32 Å². The average Bonchev–Trinajstić information content (AvgIpc) is 2.37. The number of nitriles is 1. The van der Waals surface area contributed by atoms with Crippen LogP contribution in [-0.4, -0.2) is 37.4 Å². The van der Waals surface area contributed by atoms with Crippen molar-refractivity contribution in [3.8, 4) is 6.07 Å². The molecule has 0 bridgehead atoms. The molecule has 1 aliphatic heterocycles. The Morgan fingerprint density at radius 1 is 1.56 bits per heavy atom. The minimum atomic E-state index is -0.503. The summed E-state index contributed by atoms with van der Waals surface area (Å²) in [5.74, 6) is -0.173. The highest BCUT2D eigenvalue weighted by atomic mass is 16.5. The molecule has 1 rings (SSSR count). The summed E-state index contributed by atoms with van der Waals surface area (Å²) in [4.78, 5) is 11.7. The Kier molecular flexibility index (Phi) is 6.69. The maximum absolute atomic E-state index is 11.7. The predicted octanol–water partition coefficient (Wildman–Crippen LogP) is 1.38. The number of nitrogens with zero attached hydrogens (tertiary/aromatic N) is 1. The third-order valence-corrected chi connectivity index (χ3v) is 2.96. The van der Waals surface area contributed by atoms with Gasteiger partial charge in [0.05, 0.1) is 25.2 Å². The van der Waals surface area contributed by atoms with Gasteiger partial charge < -0.3 is 14.8 Å². The molecule has 102 valence electrons. The van der Waals surface area contributed by atoms with Crippen molar-refractivity contribution in [3.63, 3.8) is 0 Å². The monoisotopic (exact) mass is 254 g/mol. The lowest BCUT2D eigenvalue weighted by molar-refractivity contribution is -0.136. The largest absolute Gasteiger partial charge is 0.376 e. The van der Waals surface area contributed by atoms with Crippen molar-refractivity contribution in [2.75, 3.05) is 13.2 Å². The van der Waals surface area contributed by atoms with E-state index in [-0.39, 0.29) is 18.1 Å². The summed E-state index contributed by atoms with van der Waals surface area (Å²) >= 11 is 0. The van der Waals surface area contributed by atoms with Gasteiger partial charge in [-0.3, -0.25) is 4.79 Å². The Balaban J connectivity index is 2.20. The molecule has 0 aromatic heterocycles. The number of hydrogen-bond acceptors (Lipinski definition) is 4. The highest BCUT2D eigenvalue weighted by Crippen LogP contribution is 2.13. The van der Waals surface area contributed by atoms with E-state index in [2.05, 4.69) is 5.32 Å². The van der Waals surface area contributed by atoms with Crippen LogP contribution in [-0.2, 0) is 14.3 Å². The second kappa shape index (κ2) is 8.06. The lowest BCUT2D eigenvalue weighted by Gasteiger charge is -2.24. The molecule has 1 heterocycles. The molecule has 1 N–H and O–H groups in total. The van der Waals surface area contributed by atoms with Crippen LogP contribution in [0.5, 0.6) is 0 Å². The van der Waals surface area contributed by atoms with E-state index in [1.165, 1.54) is 0 Å². The first kappa shape index (κ1) is 14.9. The first-order chi connectivity index (χ1) is 8.63. The van der Waals surface area contributed by atoms with E-state index in [1.54, 1.807) is 13.8 Å². The van der Waals surface area contributed by atoms with Gasteiger partial charge in [-0.15, -0.1) is 0 Å². The molecular weight excluding hydrogens is 232 g/mol. The molecule has 18 heavy (non-hydrogen) atoms. The molecule has 0 saturated carbocycles. The Bertz CT molecular complexity index is 295. The zero-order chi connectivity index (χ0) is 13.4. The molecule has 0 unspecified atom stereocenters. The fraction of sp³-hybridized carbons (Fsp3) is 0.846. The van der Waals surface area contributed by atoms with E-state index in [4.69, 9.17) is 14.7 Å². The van der Waals surface area contributed by atoms with Crippen molar-refractivity contribution in [2.24, 2.45) is 0 Å². The molecular formula is C13H22N2O3. The lowest BCUT2D eigenvalue weighted by atomic mass is 10.1. The Morgan fingerprint density at radius 3 is 2.94 bits per heavy atom. The third-order valence-electron chi connectivity index (χ3n) is 2.96. The van der Waals surface area contributed by atoms with E-state index in [9.17, 15) is 4.79 Å². The predicted molar refractivity (Wildman–Crippen MR) is 66.8 cm³/mol. The van der Waals surface area contributed by atoms with Crippen LogP contribution in [0, 0.1) is 11.3 Å². The molecule has 0 aromatic carbocycles. The van der Waals surface area contributed by atoms with Gasteiger partial charge in [0, 0.05) is 12.6 Å². The number of amides is 1. The fourth-order valence-electron chi connectivity index (χ4n) is 1.81. The topological polar surface area (TPSA) is 71.4 Å². The second-order valence-electron chi connectivity index (χ2n) is 4.74. The van der Waals surface area contributed by atoms with Crippen molar-refractivity contribution < 1.29 is 14.3 Å². The van der Waals surface area contributed by atoms with Gasteiger partial charge in [0.25, 0.3) is 0 Å². The smallest absolute Gasteiger partial charge is 0.249 e. The van der Waals surface area contributed by atoms with Crippen LogP contribution >= 0.6 is 0 Å². The second-order valence-corrected chi connectivity index (χ2v) is 4.74. The van der Waals surface area contributed by atoms with Gasteiger partial charge in [-0.05, 0) is 33.1 Å². The third kappa shape index (κ3) is 5.48. The number of rotatable bonds is 6. The number of hydrogen-bond donors (Lipinski definition) is 1. The average molecular weight is 254 g/mol. The highest BCUT2D eigenvalue weighted by Gasteiger charge is 2.19. The van der Waals surface area contributed by atoms with E-state index in [0.717, 1.165) is 25.9 Å². The van der Waals surface area contributed by atoms with Crippen LogP contribution in [0.2, 0.25) is 0 Å². The first-order valence-electron chi connectivity index (χ1n) is 6.54. The first-order valence-corrected chi connectivity index (χ1v) is 6.54. The maximum atomic E-state index is 11.7. The quantitative estimate of drug-likeness (QED) is 0.777. The lowest BCUT2D eigenvalue weighted by Crippen LogP contribution is -2.41. The molecule has 1 fully saturated rings. The Labute approximate surface area is 108 Å². The number of nitrogens with one attached hydrogen (secondary N) is 1. The molecule has 0 aromatic rings. The minimum absolute atomic E-state index is 0.116. The molecule has 0 spiro atoms. The number of ether oxygens (including phenoxy) is 2. The molecule has 0 radical (unpaired) electrons. The van der Waals surface area contributed by atoms with Crippen molar-refractivity contribution in [2.45, 2.75) is 57.8 Å². The molecule has 1 amide bonds. The van der Waals surface area contributed by atoms with Crippen LogP contribution in [0.25, 0.3) is 0 Å². The number of carbonyl (C=O) groups is 1. The molecule has 0 aliphatic carbocycles. The summed E-state index contributed by atoms with van der Waals surface area (Å²) in [6, 6.07) is 1.88. The van der Waals surface area contributed by atoms with Crippen LogP contribution in [0.4, 0.5) is 0 Å². The van der Waals surface area contributed by atoms with Crippen LogP contribution < -0.4 is 5.32 Å². The maximum Gasteiger partial charge on any atom is 0.249 e. The standard InChI is InChI=1S/C13H22N2O3/c1-10(6-7-14)15-13(16)11(2)18-9-12-5-3-4-8-17-12/h10-12H,3-6,8-9H2,1-2H3,(H,15,16)/t10-,11+,12-/m1/s1. The van der Waals surface area contributed by atoms with Gasteiger partial charge in [0.15, 0.2) is 0 Å². The van der Waals surface area contributed by atoms with E-state index < -0.39 is 6.10 Å². The fourth-order valence-corrected chi connectivity index (χ4v) is 1.81. The van der Waals surface area contributed by atoms with Crippen molar-refractivity contribution in [3.05, 3.63) is 0 Å². The highest BCUT2D eigenvalue weighted by molar-refractivity contribution is 5.80. The summed E-state index contributed by atoms with van der Waals surface area (Å²) in [6.45, 7) is 4.77. The van der Waals surface area contributed by atoms with Crippen LogP contribution in [0.15, 0.2) is 0 Å². The molecule has 3 atom stereocenters. The molecule has 1 aliphatic rings. The van der Waals surface area contributed by atoms with E-state index in [1.807, 2.05) is 6.07 Å². The zero-order valence-corrected chi connectivity index (χ0v) is 11.1. The van der Waals surface area contributed by atoms with Gasteiger partial charge >= 0.3 is 0 Å².